The van der Waals surface area contributed by atoms with Crippen LogP contribution < -0.4 is 0 Å². The van der Waals surface area contributed by atoms with Gasteiger partial charge in [-0.15, -0.1) is 0 Å². The first kappa shape index (κ1) is 16.7. The first-order valence-electron chi connectivity index (χ1n) is 10.5. The van der Waals surface area contributed by atoms with E-state index in [1.807, 2.05) is 0 Å². The summed E-state index contributed by atoms with van der Waals surface area (Å²) in [6.45, 7) is 8.40. The molecule has 5 rings (SSSR count). The summed E-state index contributed by atoms with van der Waals surface area (Å²) in [5.74, 6) is 1.37. The van der Waals surface area contributed by atoms with Gasteiger partial charge in [0.05, 0.1) is 13.2 Å². The minimum atomic E-state index is -0.781. The molecule has 0 amide bonds. The maximum absolute atomic E-state index is 15.4. The molecule has 4 aliphatic carbocycles. The zero-order chi connectivity index (χ0) is 17.4. The van der Waals surface area contributed by atoms with Gasteiger partial charge in [0, 0.05) is 17.8 Å². The van der Waals surface area contributed by atoms with E-state index in [1.165, 1.54) is 25.7 Å². The molecule has 0 N–H and O–H groups in total. The second-order valence-electron chi connectivity index (χ2n) is 10.2. The van der Waals surface area contributed by atoms with Crippen molar-refractivity contribution >= 4 is 0 Å². The first-order valence-corrected chi connectivity index (χ1v) is 10.5. The van der Waals surface area contributed by atoms with E-state index >= 15 is 4.39 Å². The molecular weight excluding hydrogens is 315 g/mol. The Morgan fingerprint density at radius 1 is 1.12 bits per heavy atom. The number of allylic oxidation sites excluding steroid dienone is 2. The van der Waals surface area contributed by atoms with E-state index in [9.17, 15) is 0 Å². The van der Waals surface area contributed by atoms with Crippen LogP contribution in [0.25, 0.3) is 0 Å². The molecule has 1 aliphatic heterocycles. The Morgan fingerprint density at radius 3 is 2.64 bits per heavy atom. The van der Waals surface area contributed by atoms with Crippen molar-refractivity contribution in [2.24, 2.45) is 34.5 Å². The van der Waals surface area contributed by atoms with E-state index in [-0.39, 0.29) is 11.3 Å². The fraction of sp³-hybridized carbons (Fsp3) is 0.909. The minimum absolute atomic E-state index is 0.0957. The molecule has 4 fully saturated rings. The monoisotopic (exact) mass is 348 g/mol. The van der Waals surface area contributed by atoms with Gasteiger partial charge in [0.2, 0.25) is 0 Å². The molecule has 1 spiro atoms. The lowest BCUT2D eigenvalue weighted by atomic mass is 9.47. The zero-order valence-electron chi connectivity index (χ0n) is 16.0. The predicted octanol–water partition coefficient (Wildman–Crippen LogP) is 5.28. The van der Waals surface area contributed by atoms with Crippen LogP contribution in [0.4, 0.5) is 4.39 Å². The van der Waals surface area contributed by atoms with Gasteiger partial charge in [0.1, 0.15) is 6.17 Å². The Labute approximate surface area is 151 Å². The molecule has 2 nitrogen and oxygen atoms in total. The molecule has 5 aliphatic rings. The summed E-state index contributed by atoms with van der Waals surface area (Å²) < 4.78 is 27.6. The third-order valence-corrected chi connectivity index (χ3v) is 9.08. The first-order chi connectivity index (χ1) is 11.9. The number of ether oxygens (including phenoxy) is 2. The second kappa shape index (κ2) is 5.32. The number of halogens is 1. The summed E-state index contributed by atoms with van der Waals surface area (Å²) in [5, 5.41) is 0. The smallest absolute Gasteiger partial charge is 0.176 e. The highest BCUT2D eigenvalue weighted by Crippen LogP contribution is 2.69. The van der Waals surface area contributed by atoms with Crippen molar-refractivity contribution < 1.29 is 13.9 Å². The van der Waals surface area contributed by atoms with E-state index in [4.69, 9.17) is 9.47 Å². The standard InChI is InChI=1S/C22H33FO2/c1-14-6-8-20(2)15(12-14)4-5-16-17(20)7-9-21(3)19(16)18(23)13-22(21)24-10-11-25-22/h4,14,16-19H,5-13H2,1-3H3/t14-,16?,17?,18?,19?,20-,21-/m0/s1. The van der Waals surface area contributed by atoms with Crippen LogP contribution in [0.5, 0.6) is 0 Å². The van der Waals surface area contributed by atoms with Crippen LogP contribution in [-0.2, 0) is 9.47 Å². The summed E-state index contributed by atoms with van der Waals surface area (Å²) in [7, 11) is 0. The molecule has 7 atom stereocenters. The highest BCUT2D eigenvalue weighted by molar-refractivity contribution is 5.26. The van der Waals surface area contributed by atoms with Crippen LogP contribution in [0.3, 0.4) is 0 Å². The molecule has 3 heteroatoms. The van der Waals surface area contributed by atoms with Gasteiger partial charge >= 0.3 is 0 Å². The molecule has 3 saturated carbocycles. The average Bonchev–Trinajstić information content (AvgIpc) is 3.13. The fourth-order valence-electron chi connectivity index (χ4n) is 7.73. The second-order valence-corrected chi connectivity index (χ2v) is 10.2. The third kappa shape index (κ3) is 2.03. The van der Waals surface area contributed by atoms with Gasteiger partial charge in [0.15, 0.2) is 5.79 Å². The summed E-state index contributed by atoms with van der Waals surface area (Å²) >= 11 is 0. The fourth-order valence-corrected chi connectivity index (χ4v) is 7.73. The summed E-state index contributed by atoms with van der Waals surface area (Å²) in [4.78, 5) is 0. The Kier molecular flexibility index (Phi) is 3.56. The number of hydrogen-bond acceptors (Lipinski definition) is 2. The lowest BCUT2D eigenvalue weighted by molar-refractivity contribution is -0.242. The molecule has 1 saturated heterocycles. The molecule has 140 valence electrons. The maximum Gasteiger partial charge on any atom is 0.176 e. The van der Waals surface area contributed by atoms with Crippen molar-refractivity contribution in [1.82, 2.24) is 0 Å². The quantitative estimate of drug-likeness (QED) is 0.555. The maximum atomic E-state index is 15.4. The Bertz CT molecular complexity index is 595. The lowest BCUT2D eigenvalue weighted by Crippen LogP contribution is -2.55. The van der Waals surface area contributed by atoms with Crippen molar-refractivity contribution in [3.63, 3.8) is 0 Å². The van der Waals surface area contributed by atoms with E-state index in [1.54, 1.807) is 5.57 Å². The topological polar surface area (TPSA) is 18.5 Å². The van der Waals surface area contributed by atoms with Crippen LogP contribution in [0.2, 0.25) is 0 Å². The van der Waals surface area contributed by atoms with Gasteiger partial charge in [-0.25, -0.2) is 4.39 Å². The van der Waals surface area contributed by atoms with E-state index in [2.05, 4.69) is 26.8 Å². The highest BCUT2D eigenvalue weighted by Gasteiger charge is 2.70. The Balaban J connectivity index is 1.52. The number of alkyl halides is 1. The van der Waals surface area contributed by atoms with Gasteiger partial charge in [-0.05, 0) is 61.7 Å². The van der Waals surface area contributed by atoms with Crippen LogP contribution in [-0.4, -0.2) is 25.2 Å². The molecule has 4 unspecified atom stereocenters. The van der Waals surface area contributed by atoms with Crippen molar-refractivity contribution in [3.05, 3.63) is 11.6 Å². The van der Waals surface area contributed by atoms with E-state index in [0.717, 1.165) is 18.8 Å². The summed E-state index contributed by atoms with van der Waals surface area (Å²) in [6, 6.07) is 0. The minimum Gasteiger partial charge on any atom is -0.347 e. The average molecular weight is 349 g/mol. The highest BCUT2D eigenvalue weighted by atomic mass is 19.1. The van der Waals surface area contributed by atoms with Gasteiger partial charge in [0.25, 0.3) is 0 Å². The molecule has 0 bridgehead atoms. The number of fused-ring (bicyclic) bond motifs is 6. The SMILES string of the molecule is C[C@H]1CC[C@@]2(C)C(=CCC3C2CC[C@@]2(C)C3C(F)CC23OCCO3)C1. The molecule has 1 heterocycles. The zero-order valence-corrected chi connectivity index (χ0v) is 16.0. The molecule has 0 aromatic heterocycles. The van der Waals surface area contributed by atoms with Gasteiger partial charge in [-0.1, -0.05) is 32.4 Å². The van der Waals surface area contributed by atoms with E-state index < -0.39 is 12.0 Å². The van der Waals surface area contributed by atoms with Crippen molar-refractivity contribution in [2.45, 2.75) is 77.7 Å². The van der Waals surface area contributed by atoms with Crippen molar-refractivity contribution in [3.8, 4) is 0 Å². The molecule has 0 radical (unpaired) electrons. The van der Waals surface area contributed by atoms with Crippen LogP contribution >= 0.6 is 0 Å². The van der Waals surface area contributed by atoms with Crippen LogP contribution in [0.1, 0.15) is 65.7 Å². The number of hydrogen-bond donors (Lipinski definition) is 0. The lowest BCUT2D eigenvalue weighted by Gasteiger charge is -2.58. The molecule has 0 aromatic carbocycles. The molecule has 0 aromatic rings. The summed E-state index contributed by atoms with van der Waals surface area (Å²) in [5.41, 5.74) is 1.84. The normalized spacial score (nSPS) is 53.9. The van der Waals surface area contributed by atoms with Gasteiger partial charge < -0.3 is 9.47 Å². The van der Waals surface area contributed by atoms with Crippen LogP contribution in [0.15, 0.2) is 11.6 Å². The third-order valence-electron chi connectivity index (χ3n) is 9.08. The Morgan fingerprint density at radius 2 is 1.88 bits per heavy atom. The summed E-state index contributed by atoms with van der Waals surface area (Å²) in [6.07, 6.45) is 9.39. The molecule has 25 heavy (non-hydrogen) atoms. The largest absolute Gasteiger partial charge is 0.347 e. The predicted molar refractivity (Wildman–Crippen MR) is 95.8 cm³/mol. The van der Waals surface area contributed by atoms with Crippen LogP contribution in [0, 0.1) is 34.5 Å². The van der Waals surface area contributed by atoms with Gasteiger partial charge in [-0.2, -0.15) is 0 Å². The Hall–Kier alpha value is -0.410. The van der Waals surface area contributed by atoms with Crippen molar-refractivity contribution in [1.29, 1.82) is 0 Å². The van der Waals surface area contributed by atoms with Gasteiger partial charge in [-0.3, -0.25) is 0 Å². The van der Waals surface area contributed by atoms with E-state index in [0.29, 0.717) is 36.9 Å². The molecular formula is C22H33FO2. The number of rotatable bonds is 0. The van der Waals surface area contributed by atoms with Crippen molar-refractivity contribution in [2.75, 3.05) is 13.2 Å².